The van der Waals surface area contributed by atoms with Crippen molar-refractivity contribution in [1.29, 1.82) is 0 Å². The topological polar surface area (TPSA) is 9.23 Å². The van der Waals surface area contributed by atoms with E-state index in [9.17, 15) is 0 Å². The van der Waals surface area contributed by atoms with E-state index in [1.54, 1.807) is 16.9 Å². The average Bonchev–Trinajstić information content (AvgIpc) is 2.68. The zero-order valence-electron chi connectivity index (χ0n) is 16.8. The van der Waals surface area contributed by atoms with Gasteiger partial charge in [0.05, 0.1) is 0 Å². The molecular weight excluding hydrogens is 411 g/mol. The van der Waals surface area contributed by atoms with Gasteiger partial charge in [-0.1, -0.05) is 0 Å². The Morgan fingerprint density at radius 2 is 1.40 bits per heavy atom. The molecule has 0 bridgehead atoms. The van der Waals surface area contributed by atoms with E-state index >= 15 is 0 Å². The van der Waals surface area contributed by atoms with Gasteiger partial charge in [0.2, 0.25) is 0 Å². The van der Waals surface area contributed by atoms with E-state index in [-0.39, 0.29) is 0 Å². The number of benzene rings is 1. The van der Waals surface area contributed by atoms with Gasteiger partial charge in [-0.2, -0.15) is 0 Å². The van der Waals surface area contributed by atoms with E-state index < -0.39 is 18.4 Å². The first kappa shape index (κ1) is 21.0. The van der Waals surface area contributed by atoms with Gasteiger partial charge >= 0.3 is 160 Å². The SMILES string of the molecule is CCC[CH2][Sn]([CH2]CCC)([CH2]CCC)[c]1ccc(C2=CCOCC2)cc1. The molecule has 25 heavy (non-hydrogen) atoms. The summed E-state index contributed by atoms with van der Waals surface area (Å²) in [4.78, 5) is 0. The summed E-state index contributed by atoms with van der Waals surface area (Å²) in [5, 5.41) is 0. The summed E-state index contributed by atoms with van der Waals surface area (Å²) in [6.45, 7) is 8.73. The molecule has 0 saturated heterocycles. The molecule has 0 unspecified atom stereocenters. The molecule has 1 aromatic carbocycles. The molecule has 0 spiro atoms. The molecular formula is C23H38OSn. The molecule has 0 radical (unpaired) electrons. The summed E-state index contributed by atoms with van der Waals surface area (Å²) in [5.74, 6) is 0. The summed E-state index contributed by atoms with van der Waals surface area (Å²) < 4.78 is 11.9. The predicted octanol–water partition coefficient (Wildman–Crippen LogP) is 6.55. The monoisotopic (exact) mass is 450 g/mol. The summed E-state index contributed by atoms with van der Waals surface area (Å²) in [7, 11) is 0. The molecule has 1 aliphatic heterocycles. The van der Waals surface area contributed by atoms with E-state index in [0.29, 0.717) is 0 Å². The summed E-state index contributed by atoms with van der Waals surface area (Å²) in [6, 6.07) is 9.90. The third-order valence-corrected chi connectivity index (χ3v) is 21.5. The molecule has 0 fully saturated rings. The number of hydrogen-bond donors (Lipinski definition) is 0. The Morgan fingerprint density at radius 1 is 0.840 bits per heavy atom. The van der Waals surface area contributed by atoms with Crippen LogP contribution >= 0.6 is 0 Å². The molecule has 0 aromatic heterocycles. The van der Waals surface area contributed by atoms with Gasteiger partial charge in [0.15, 0.2) is 0 Å². The molecule has 1 heterocycles. The molecule has 1 aromatic rings. The normalized spacial score (nSPS) is 15.2. The van der Waals surface area contributed by atoms with Crippen LogP contribution in [-0.4, -0.2) is 31.6 Å². The van der Waals surface area contributed by atoms with Crippen LogP contribution in [0.4, 0.5) is 0 Å². The minimum absolute atomic E-state index is 0.782. The van der Waals surface area contributed by atoms with Crippen molar-refractivity contribution in [3.05, 3.63) is 35.9 Å². The van der Waals surface area contributed by atoms with Crippen molar-refractivity contribution in [3.63, 3.8) is 0 Å². The first-order chi connectivity index (χ1) is 12.3. The Hall–Kier alpha value is -0.281. The van der Waals surface area contributed by atoms with E-state index in [0.717, 1.165) is 19.6 Å². The van der Waals surface area contributed by atoms with Crippen LogP contribution in [0.2, 0.25) is 13.3 Å². The fraction of sp³-hybridized carbons (Fsp3) is 0.652. The van der Waals surface area contributed by atoms with Crippen molar-refractivity contribution in [2.24, 2.45) is 0 Å². The van der Waals surface area contributed by atoms with Gasteiger partial charge in [-0.3, -0.25) is 0 Å². The first-order valence-electron chi connectivity index (χ1n) is 10.6. The van der Waals surface area contributed by atoms with Gasteiger partial charge in [-0.05, 0) is 0 Å². The summed E-state index contributed by atoms with van der Waals surface area (Å²) >= 11 is -2.24. The second-order valence-corrected chi connectivity index (χ2v) is 21.0. The number of unbranched alkanes of at least 4 members (excludes halogenated alkanes) is 3. The quantitative estimate of drug-likeness (QED) is 0.349. The van der Waals surface area contributed by atoms with Gasteiger partial charge < -0.3 is 0 Å². The van der Waals surface area contributed by atoms with Gasteiger partial charge in [-0.25, -0.2) is 0 Å². The Bertz CT molecular complexity index is 496. The van der Waals surface area contributed by atoms with Gasteiger partial charge in [0.25, 0.3) is 0 Å². The van der Waals surface area contributed by atoms with Crippen molar-refractivity contribution in [3.8, 4) is 0 Å². The first-order valence-corrected chi connectivity index (χ1v) is 18.1. The minimum atomic E-state index is -2.24. The zero-order chi connectivity index (χ0) is 18.0. The Labute approximate surface area is 160 Å². The van der Waals surface area contributed by atoms with Crippen LogP contribution < -0.4 is 3.58 Å². The molecule has 0 N–H and O–H groups in total. The Morgan fingerprint density at radius 3 is 1.84 bits per heavy atom. The summed E-state index contributed by atoms with van der Waals surface area (Å²) in [5.41, 5.74) is 2.91. The van der Waals surface area contributed by atoms with E-state index in [4.69, 9.17) is 4.74 Å². The van der Waals surface area contributed by atoms with Crippen LogP contribution in [0, 0.1) is 0 Å². The van der Waals surface area contributed by atoms with Crippen molar-refractivity contribution < 1.29 is 4.74 Å². The molecule has 2 heteroatoms. The molecule has 1 nitrogen and oxygen atoms in total. The van der Waals surface area contributed by atoms with E-state index in [2.05, 4.69) is 51.1 Å². The van der Waals surface area contributed by atoms with Crippen LogP contribution in [0.1, 0.15) is 71.3 Å². The van der Waals surface area contributed by atoms with Crippen molar-refractivity contribution in [2.45, 2.75) is 79.0 Å². The van der Waals surface area contributed by atoms with Crippen LogP contribution in [-0.2, 0) is 4.74 Å². The van der Waals surface area contributed by atoms with Crippen LogP contribution in [0.25, 0.3) is 5.57 Å². The van der Waals surface area contributed by atoms with Crippen LogP contribution in [0.5, 0.6) is 0 Å². The predicted molar refractivity (Wildman–Crippen MR) is 114 cm³/mol. The van der Waals surface area contributed by atoms with Gasteiger partial charge in [0.1, 0.15) is 0 Å². The maximum atomic E-state index is 5.47. The fourth-order valence-corrected chi connectivity index (χ4v) is 20.1. The van der Waals surface area contributed by atoms with E-state index in [1.165, 1.54) is 49.7 Å². The van der Waals surface area contributed by atoms with Crippen LogP contribution in [0.3, 0.4) is 0 Å². The average molecular weight is 449 g/mol. The van der Waals surface area contributed by atoms with Crippen molar-refractivity contribution >= 4 is 27.5 Å². The van der Waals surface area contributed by atoms with Crippen LogP contribution in [0.15, 0.2) is 30.3 Å². The van der Waals surface area contributed by atoms with Gasteiger partial charge in [0, 0.05) is 0 Å². The Kier molecular flexibility index (Phi) is 9.62. The van der Waals surface area contributed by atoms with E-state index in [1.807, 2.05) is 0 Å². The zero-order valence-corrected chi connectivity index (χ0v) is 19.6. The van der Waals surface area contributed by atoms with Crippen molar-refractivity contribution in [2.75, 3.05) is 13.2 Å². The third kappa shape index (κ3) is 6.13. The standard InChI is InChI=1S/C11H11O.3C4H9.Sn/c1-2-4-10(5-3-1)11-6-8-12-9-7-11;3*1-3-4-2;/h2-6H,7-9H2;3*1,3-4H2,2H3;. The second-order valence-electron chi connectivity index (χ2n) is 7.72. The number of hydrogen-bond acceptors (Lipinski definition) is 1. The molecule has 0 aliphatic carbocycles. The Balaban J connectivity index is 2.25. The fourth-order valence-electron chi connectivity index (χ4n) is 4.18. The van der Waals surface area contributed by atoms with Gasteiger partial charge in [-0.15, -0.1) is 0 Å². The number of rotatable bonds is 11. The molecule has 0 atom stereocenters. The molecule has 0 saturated carbocycles. The third-order valence-electron chi connectivity index (χ3n) is 5.86. The molecule has 1 aliphatic rings. The molecule has 2 rings (SSSR count). The molecule has 0 amide bonds. The van der Waals surface area contributed by atoms with Crippen molar-refractivity contribution in [1.82, 2.24) is 0 Å². The summed E-state index contributed by atoms with van der Waals surface area (Å²) in [6.07, 6.45) is 11.7. The maximum absolute atomic E-state index is 5.47. The molecule has 140 valence electrons. The second kappa shape index (κ2) is 11.4. The number of ether oxygens (including phenoxy) is 1.